The summed E-state index contributed by atoms with van der Waals surface area (Å²) in [6.07, 6.45) is 1.90. The van der Waals surface area contributed by atoms with Gasteiger partial charge in [-0.05, 0) is 31.2 Å². The fraction of sp³-hybridized carbons (Fsp3) is 0.261. The lowest BCUT2D eigenvalue weighted by Crippen LogP contribution is -2.46. The minimum atomic E-state index is -4.28. The van der Waals surface area contributed by atoms with E-state index in [0.29, 0.717) is 11.5 Å². The maximum Gasteiger partial charge on any atom is 0.288 e. The number of nitrogens with one attached hydrogen (secondary N) is 3. The van der Waals surface area contributed by atoms with E-state index in [9.17, 15) is 17.6 Å². The van der Waals surface area contributed by atoms with Gasteiger partial charge in [-0.25, -0.2) is 27.8 Å². The summed E-state index contributed by atoms with van der Waals surface area (Å²) >= 11 is 5.85. The molecule has 202 valence electrons. The number of carbonyl (C=O) groups excluding carboxylic acids is 1. The Morgan fingerprint density at radius 2 is 1.63 bits per heavy atom. The van der Waals surface area contributed by atoms with Crippen LogP contribution in [0.3, 0.4) is 0 Å². The monoisotopic (exact) mass is 565 g/mol. The van der Waals surface area contributed by atoms with Crippen molar-refractivity contribution in [1.82, 2.24) is 25.8 Å². The molecule has 2 atom stereocenters. The Kier molecular flexibility index (Phi) is 9.36. The molecule has 12 nitrogen and oxygen atoms in total. The smallest absolute Gasteiger partial charge is 0.288 e. The van der Waals surface area contributed by atoms with Crippen molar-refractivity contribution in [2.75, 3.05) is 19.5 Å². The summed E-state index contributed by atoms with van der Waals surface area (Å²) in [7, 11) is -1.44. The van der Waals surface area contributed by atoms with Crippen LogP contribution in [0.5, 0.6) is 11.5 Å². The molecule has 0 bridgehead atoms. The highest BCUT2D eigenvalue weighted by atomic mass is 35.5. The molecule has 38 heavy (non-hydrogen) atoms. The van der Waals surface area contributed by atoms with Crippen LogP contribution in [-0.2, 0) is 10.0 Å². The summed E-state index contributed by atoms with van der Waals surface area (Å²) in [5.74, 6) is -1.78. The first-order valence-electron chi connectivity index (χ1n) is 11.0. The van der Waals surface area contributed by atoms with Crippen molar-refractivity contribution in [3.8, 4) is 11.5 Å². The Balaban J connectivity index is 1.95. The molecule has 1 amide bonds. The Morgan fingerprint density at radius 1 is 1.03 bits per heavy atom. The van der Waals surface area contributed by atoms with E-state index in [0.717, 1.165) is 12.4 Å². The number of methoxy groups -OCH3 is 2. The van der Waals surface area contributed by atoms with Gasteiger partial charge >= 0.3 is 0 Å². The molecule has 0 radical (unpaired) electrons. The van der Waals surface area contributed by atoms with Crippen LogP contribution in [0.1, 0.15) is 36.1 Å². The zero-order valence-corrected chi connectivity index (χ0v) is 22.3. The fourth-order valence-electron chi connectivity index (χ4n) is 3.12. The second-order valence-electron chi connectivity index (χ2n) is 7.80. The van der Waals surface area contributed by atoms with E-state index in [-0.39, 0.29) is 28.3 Å². The van der Waals surface area contributed by atoms with Gasteiger partial charge in [0.1, 0.15) is 33.9 Å². The minimum absolute atomic E-state index is 0.0301. The number of para-hydroxylation sites is 1. The van der Waals surface area contributed by atoms with E-state index in [1.165, 1.54) is 39.3 Å². The van der Waals surface area contributed by atoms with E-state index >= 15 is 0 Å². The number of halogens is 2. The van der Waals surface area contributed by atoms with Crippen LogP contribution in [-0.4, -0.2) is 54.7 Å². The predicted octanol–water partition coefficient (Wildman–Crippen LogP) is 2.91. The average Bonchev–Trinajstić information content (AvgIpc) is 2.91. The average molecular weight is 566 g/mol. The predicted molar refractivity (Wildman–Crippen MR) is 139 cm³/mol. The van der Waals surface area contributed by atoms with Crippen molar-refractivity contribution in [2.45, 2.75) is 25.0 Å². The molecule has 2 heterocycles. The highest BCUT2D eigenvalue weighted by Gasteiger charge is 2.30. The molecule has 2 unspecified atom stereocenters. The van der Waals surface area contributed by atoms with Crippen LogP contribution in [0, 0.1) is 5.82 Å². The van der Waals surface area contributed by atoms with Crippen LogP contribution in [0.25, 0.3) is 0 Å². The number of carbonyl (C=O) groups is 1. The molecular weight excluding hydrogens is 541 g/mol. The van der Waals surface area contributed by atoms with Gasteiger partial charge in [-0.2, -0.15) is 0 Å². The fourth-order valence-corrected chi connectivity index (χ4v) is 4.43. The van der Waals surface area contributed by atoms with Crippen molar-refractivity contribution in [2.24, 2.45) is 4.40 Å². The van der Waals surface area contributed by atoms with Gasteiger partial charge in [-0.1, -0.05) is 30.7 Å². The van der Waals surface area contributed by atoms with E-state index in [2.05, 4.69) is 35.5 Å². The van der Waals surface area contributed by atoms with Gasteiger partial charge in [0.15, 0.2) is 5.82 Å². The van der Waals surface area contributed by atoms with Crippen molar-refractivity contribution in [3.63, 3.8) is 0 Å². The maximum atomic E-state index is 13.3. The molecule has 0 saturated carbocycles. The normalized spacial score (nSPS) is 13.3. The highest BCUT2D eigenvalue weighted by Crippen LogP contribution is 2.34. The third kappa shape index (κ3) is 7.04. The molecule has 1 aromatic carbocycles. The molecule has 2 aromatic heterocycles. The molecule has 3 aromatic rings. The van der Waals surface area contributed by atoms with Crippen LogP contribution in [0.4, 0.5) is 10.1 Å². The van der Waals surface area contributed by atoms with Crippen LogP contribution in [0.15, 0.2) is 53.2 Å². The van der Waals surface area contributed by atoms with Crippen molar-refractivity contribution < 1.29 is 27.1 Å². The quantitative estimate of drug-likeness (QED) is 0.160. The Bertz CT molecular complexity index is 1400. The number of hydrazine groups is 1. The zero-order valence-electron chi connectivity index (χ0n) is 20.8. The second-order valence-corrected chi connectivity index (χ2v) is 10.1. The summed E-state index contributed by atoms with van der Waals surface area (Å²) in [5, 5.41) is 1.75. The summed E-state index contributed by atoms with van der Waals surface area (Å²) < 4.78 is 54.4. The van der Waals surface area contributed by atoms with Gasteiger partial charge in [-0.3, -0.25) is 15.6 Å². The van der Waals surface area contributed by atoms with E-state index in [1.807, 2.05) is 0 Å². The number of amides is 1. The largest absolute Gasteiger partial charge is 0.494 e. The highest BCUT2D eigenvalue weighted by molar-refractivity contribution is 7.90. The van der Waals surface area contributed by atoms with E-state index < -0.39 is 32.9 Å². The summed E-state index contributed by atoms with van der Waals surface area (Å²) in [5.41, 5.74) is 5.01. The molecule has 0 aliphatic rings. The molecule has 15 heteroatoms. The van der Waals surface area contributed by atoms with Crippen molar-refractivity contribution in [1.29, 1.82) is 0 Å². The third-order valence-corrected chi connectivity index (χ3v) is 7.35. The summed E-state index contributed by atoms with van der Waals surface area (Å²) in [6, 6.07) is 9.34. The molecule has 0 aliphatic carbocycles. The van der Waals surface area contributed by atoms with E-state index in [4.69, 9.17) is 21.1 Å². The van der Waals surface area contributed by atoms with Gasteiger partial charge in [-0.15, -0.1) is 4.40 Å². The van der Waals surface area contributed by atoms with Gasteiger partial charge in [0, 0.05) is 5.92 Å². The lowest BCUT2D eigenvalue weighted by molar-refractivity contribution is 0.0938. The topological polar surface area (TPSA) is 157 Å². The zero-order chi connectivity index (χ0) is 27.9. The third-order valence-electron chi connectivity index (χ3n) is 5.35. The van der Waals surface area contributed by atoms with Crippen molar-refractivity contribution in [3.05, 3.63) is 71.3 Å². The van der Waals surface area contributed by atoms with E-state index in [1.54, 1.807) is 25.1 Å². The lowest BCUT2D eigenvalue weighted by Gasteiger charge is -2.20. The summed E-state index contributed by atoms with van der Waals surface area (Å²) in [4.78, 5) is 24.2. The number of guanidine groups is 1. The first-order chi connectivity index (χ1) is 18.1. The number of hydrogen-bond donors (Lipinski definition) is 3. The number of pyridine rings is 1. The number of sulfonamides is 1. The lowest BCUT2D eigenvalue weighted by atomic mass is 10.1. The van der Waals surface area contributed by atoms with Crippen LogP contribution >= 0.6 is 11.6 Å². The van der Waals surface area contributed by atoms with Gasteiger partial charge < -0.3 is 14.8 Å². The molecule has 0 saturated heterocycles. The molecule has 0 aliphatic heterocycles. The number of aromatic nitrogens is 3. The number of benzene rings is 1. The van der Waals surface area contributed by atoms with Gasteiger partial charge in [0.2, 0.25) is 5.96 Å². The van der Waals surface area contributed by atoms with Crippen molar-refractivity contribution >= 4 is 39.2 Å². The van der Waals surface area contributed by atoms with Gasteiger partial charge in [0.25, 0.3) is 15.9 Å². The first-order valence-corrected chi connectivity index (χ1v) is 12.9. The maximum absolute atomic E-state index is 13.3. The second kappa shape index (κ2) is 12.5. The number of nitrogens with zero attached hydrogens (tertiary/aromatic N) is 4. The standard InChI is InChI=1S/C23H25ClFN7O5S/c1-13(21-26-11-15(25)12-27-21)14(2)38(34,35)32-23(29-20-17(36-3)8-6-9-18(20)37-4)31-30-22(33)16-7-5-10-19(24)28-16/h5-14H,1-4H3,(H,30,33)(H2,29,31,32). The van der Waals surface area contributed by atoms with Crippen LogP contribution < -0.4 is 25.6 Å². The summed E-state index contributed by atoms with van der Waals surface area (Å²) in [6.45, 7) is 2.98. The minimum Gasteiger partial charge on any atom is -0.494 e. The molecule has 0 spiro atoms. The molecule has 0 fully saturated rings. The molecule has 3 N–H and O–H groups in total. The molecule has 3 rings (SSSR count). The SMILES string of the molecule is COc1cccc(OC)c1NC(=NS(=O)(=O)C(C)C(C)c1ncc(F)cn1)NNC(=O)c1cccc(Cl)n1. The number of hydrogen-bond acceptors (Lipinski definition) is 8. The Morgan fingerprint density at radius 3 is 2.21 bits per heavy atom. The Hall–Kier alpha value is -4.04. The molecular formula is C23H25ClFN7O5S. The Labute approximate surface area is 223 Å². The first kappa shape index (κ1) is 28.5. The number of ether oxygens (including phenoxy) is 2. The number of anilines is 1. The number of rotatable bonds is 8. The van der Waals surface area contributed by atoms with Crippen LogP contribution in [0.2, 0.25) is 5.15 Å². The van der Waals surface area contributed by atoms with Gasteiger partial charge in [0.05, 0.1) is 31.9 Å².